The summed E-state index contributed by atoms with van der Waals surface area (Å²) >= 11 is 0. The van der Waals surface area contributed by atoms with Crippen LogP contribution in [0, 0.1) is 5.82 Å². The lowest BCUT2D eigenvalue weighted by atomic mass is 10.2. The molecule has 7 heteroatoms. The Bertz CT molecular complexity index is 575. The Morgan fingerprint density at radius 3 is 2.32 bits per heavy atom. The predicted octanol–water partition coefficient (Wildman–Crippen LogP) is 4.00. The van der Waals surface area contributed by atoms with Gasteiger partial charge < -0.3 is 13.8 Å². The fraction of sp³-hybridized carbons (Fsp3) is 0.400. The average molecular weight is 330 g/mol. The zero-order valence-corrected chi connectivity index (χ0v) is 13.8. The van der Waals surface area contributed by atoms with E-state index in [0.29, 0.717) is 5.56 Å². The van der Waals surface area contributed by atoms with E-state index < -0.39 is 19.4 Å². The summed E-state index contributed by atoms with van der Waals surface area (Å²) in [6, 6.07) is 5.54. The first-order chi connectivity index (χ1) is 10.5. The first-order valence-corrected chi connectivity index (χ1v) is 8.55. The Kier molecular flexibility index (Phi) is 7.45. The van der Waals surface area contributed by atoms with Gasteiger partial charge in [0.1, 0.15) is 11.1 Å². The number of ether oxygens (including phenoxy) is 1. The molecule has 0 saturated heterocycles. The molecule has 0 radical (unpaired) electrons. The molecule has 122 valence electrons. The van der Waals surface area contributed by atoms with E-state index in [9.17, 15) is 13.8 Å². The van der Waals surface area contributed by atoms with Gasteiger partial charge in [0.05, 0.1) is 19.8 Å². The second kappa shape index (κ2) is 8.83. The highest BCUT2D eigenvalue weighted by molar-refractivity contribution is 7.60. The van der Waals surface area contributed by atoms with E-state index in [1.54, 1.807) is 26.8 Å². The van der Waals surface area contributed by atoms with E-state index in [-0.39, 0.29) is 25.1 Å². The third-order valence-electron chi connectivity index (χ3n) is 2.53. The fourth-order valence-electron chi connectivity index (χ4n) is 1.73. The number of carbonyl (C=O) groups is 1. The minimum absolute atomic E-state index is 0.0944. The number of halogens is 1. The molecule has 0 aliphatic rings. The van der Waals surface area contributed by atoms with Crippen LogP contribution in [0.3, 0.4) is 0 Å². The summed E-state index contributed by atoms with van der Waals surface area (Å²) in [6.07, 6.45) is 1.27. The van der Waals surface area contributed by atoms with Crippen molar-refractivity contribution in [3.63, 3.8) is 0 Å². The van der Waals surface area contributed by atoms with Crippen molar-refractivity contribution >= 4 is 19.6 Å². The molecule has 1 aromatic carbocycles. The van der Waals surface area contributed by atoms with Crippen molar-refractivity contribution in [2.45, 2.75) is 20.8 Å². The maximum absolute atomic E-state index is 13.3. The summed E-state index contributed by atoms with van der Waals surface area (Å²) in [5.41, 5.74) is 0.364. The largest absolute Gasteiger partial charge is 0.462 e. The van der Waals surface area contributed by atoms with Crippen LogP contribution in [0.15, 0.2) is 29.6 Å². The molecule has 0 spiro atoms. The van der Waals surface area contributed by atoms with Crippen LogP contribution >= 0.6 is 7.60 Å². The van der Waals surface area contributed by atoms with Crippen LogP contribution in [-0.4, -0.2) is 25.8 Å². The highest BCUT2D eigenvalue weighted by atomic mass is 31.2. The van der Waals surface area contributed by atoms with Gasteiger partial charge in [-0.25, -0.2) is 9.18 Å². The van der Waals surface area contributed by atoms with E-state index in [2.05, 4.69) is 0 Å². The van der Waals surface area contributed by atoms with E-state index in [4.69, 9.17) is 13.8 Å². The summed E-state index contributed by atoms with van der Waals surface area (Å²) < 4.78 is 41.4. The van der Waals surface area contributed by atoms with Crippen molar-refractivity contribution in [3.8, 4) is 0 Å². The topological polar surface area (TPSA) is 61.8 Å². The molecule has 0 saturated carbocycles. The molecule has 0 atom stereocenters. The van der Waals surface area contributed by atoms with Crippen LogP contribution < -0.4 is 0 Å². The molecular formula is C15H20FO5P. The van der Waals surface area contributed by atoms with Gasteiger partial charge in [-0.3, -0.25) is 4.57 Å². The normalized spacial score (nSPS) is 12.3. The molecule has 22 heavy (non-hydrogen) atoms. The standard InChI is InChI=1S/C15H20FO5P/c1-4-19-15(17)14(22(18,20-5-2)21-6-3)11-12-8-7-9-13(16)10-12/h7-11H,4-6H2,1-3H3/b14-11-. The molecule has 1 aromatic rings. The Balaban J connectivity index is 3.33. The molecule has 0 unspecified atom stereocenters. The summed E-state index contributed by atoms with van der Waals surface area (Å²) in [7, 11) is -3.83. The van der Waals surface area contributed by atoms with E-state index in [1.807, 2.05) is 0 Å². The molecular weight excluding hydrogens is 310 g/mol. The van der Waals surface area contributed by atoms with Gasteiger partial charge in [0, 0.05) is 0 Å². The predicted molar refractivity (Wildman–Crippen MR) is 81.9 cm³/mol. The minimum atomic E-state index is -3.83. The second-order valence-corrected chi connectivity index (χ2v) is 6.13. The average Bonchev–Trinajstić information content (AvgIpc) is 2.45. The molecule has 0 aliphatic heterocycles. The monoisotopic (exact) mass is 330 g/mol. The van der Waals surface area contributed by atoms with Gasteiger partial charge in [0.25, 0.3) is 0 Å². The van der Waals surface area contributed by atoms with Gasteiger partial charge in [0.15, 0.2) is 0 Å². The van der Waals surface area contributed by atoms with Crippen LogP contribution in [0.2, 0.25) is 0 Å². The van der Waals surface area contributed by atoms with Gasteiger partial charge in [-0.2, -0.15) is 0 Å². The molecule has 0 heterocycles. The summed E-state index contributed by atoms with van der Waals surface area (Å²) in [5, 5.41) is -0.247. The Labute approximate surface area is 129 Å². The van der Waals surface area contributed by atoms with Gasteiger partial charge in [-0.15, -0.1) is 0 Å². The van der Waals surface area contributed by atoms with Crippen molar-refractivity contribution < 1.29 is 27.5 Å². The highest BCUT2D eigenvalue weighted by Gasteiger charge is 2.36. The Hall–Kier alpha value is -1.49. The molecule has 0 aliphatic carbocycles. The third-order valence-corrected chi connectivity index (χ3v) is 4.63. The highest BCUT2D eigenvalue weighted by Crippen LogP contribution is 2.57. The number of benzene rings is 1. The second-order valence-electron chi connectivity index (χ2n) is 4.14. The zero-order valence-electron chi connectivity index (χ0n) is 12.9. The minimum Gasteiger partial charge on any atom is -0.462 e. The number of rotatable bonds is 8. The quantitative estimate of drug-likeness (QED) is 0.410. The maximum Gasteiger partial charge on any atom is 0.368 e. The van der Waals surface area contributed by atoms with Crippen LogP contribution in [0.1, 0.15) is 26.3 Å². The fourth-order valence-corrected chi connectivity index (χ4v) is 3.35. The third kappa shape index (κ3) is 5.05. The Morgan fingerprint density at radius 2 is 1.82 bits per heavy atom. The van der Waals surface area contributed by atoms with Crippen molar-refractivity contribution in [1.29, 1.82) is 0 Å². The molecule has 0 amide bonds. The summed E-state index contributed by atoms with van der Waals surface area (Å²) in [4.78, 5) is 12.1. The summed E-state index contributed by atoms with van der Waals surface area (Å²) in [6.45, 7) is 5.20. The van der Waals surface area contributed by atoms with Crippen LogP contribution in [-0.2, 0) is 23.1 Å². The van der Waals surface area contributed by atoms with Gasteiger partial charge in [0.2, 0.25) is 0 Å². The van der Waals surface area contributed by atoms with E-state index >= 15 is 0 Å². The molecule has 0 fully saturated rings. The van der Waals surface area contributed by atoms with Crippen molar-refractivity contribution in [1.82, 2.24) is 0 Å². The molecule has 1 rings (SSSR count). The summed E-state index contributed by atoms with van der Waals surface area (Å²) in [5.74, 6) is -1.28. The maximum atomic E-state index is 13.3. The van der Waals surface area contributed by atoms with E-state index in [1.165, 1.54) is 24.3 Å². The molecule has 5 nitrogen and oxygen atoms in total. The zero-order chi connectivity index (χ0) is 16.6. The number of esters is 1. The van der Waals surface area contributed by atoms with E-state index in [0.717, 1.165) is 0 Å². The molecule has 0 N–H and O–H groups in total. The molecule has 0 bridgehead atoms. The number of carbonyl (C=O) groups excluding carboxylic acids is 1. The van der Waals surface area contributed by atoms with Gasteiger partial charge in [-0.1, -0.05) is 12.1 Å². The van der Waals surface area contributed by atoms with Crippen LogP contribution in [0.25, 0.3) is 6.08 Å². The first kappa shape index (κ1) is 18.6. The smallest absolute Gasteiger partial charge is 0.368 e. The lowest BCUT2D eigenvalue weighted by Crippen LogP contribution is -2.11. The van der Waals surface area contributed by atoms with Crippen LogP contribution in [0.5, 0.6) is 0 Å². The lowest BCUT2D eigenvalue weighted by Gasteiger charge is -2.19. The van der Waals surface area contributed by atoms with Crippen molar-refractivity contribution in [3.05, 3.63) is 41.0 Å². The van der Waals surface area contributed by atoms with Crippen molar-refractivity contribution in [2.24, 2.45) is 0 Å². The molecule has 0 aromatic heterocycles. The first-order valence-electron chi connectivity index (χ1n) is 7.00. The van der Waals surface area contributed by atoms with Gasteiger partial charge >= 0.3 is 13.6 Å². The van der Waals surface area contributed by atoms with Gasteiger partial charge in [-0.05, 0) is 44.5 Å². The van der Waals surface area contributed by atoms with Crippen molar-refractivity contribution in [2.75, 3.05) is 19.8 Å². The lowest BCUT2D eigenvalue weighted by molar-refractivity contribution is -0.137. The Morgan fingerprint density at radius 1 is 1.18 bits per heavy atom. The van der Waals surface area contributed by atoms with Crippen LogP contribution in [0.4, 0.5) is 4.39 Å². The SMILES string of the molecule is CCOC(=O)/C(=C/c1cccc(F)c1)P(=O)(OCC)OCC. The number of hydrogen-bond acceptors (Lipinski definition) is 5. The number of hydrogen-bond donors (Lipinski definition) is 0.